The topological polar surface area (TPSA) is 65.4 Å². The number of hydrogen-bond acceptors (Lipinski definition) is 5. The molecule has 3 aromatic rings. The monoisotopic (exact) mass is 439 g/mol. The van der Waals surface area contributed by atoms with Crippen molar-refractivity contribution >= 4 is 17.4 Å². The molecule has 0 aliphatic heterocycles. The summed E-state index contributed by atoms with van der Waals surface area (Å²) in [5, 5.41) is 3.96. The predicted molar refractivity (Wildman–Crippen MR) is 123 cm³/mol. The van der Waals surface area contributed by atoms with Crippen LogP contribution in [0.1, 0.15) is 29.8 Å². The summed E-state index contributed by atoms with van der Waals surface area (Å²) in [4.78, 5) is 17.8. The average Bonchev–Trinajstić information content (AvgIpc) is 3.11. The van der Waals surface area contributed by atoms with Gasteiger partial charge >= 0.3 is 0 Å². The van der Waals surface area contributed by atoms with Crippen LogP contribution in [0.15, 0.2) is 47.3 Å². The molecule has 7 heteroatoms. The van der Waals surface area contributed by atoms with Crippen LogP contribution in [0, 0.1) is 6.92 Å². The summed E-state index contributed by atoms with van der Waals surface area (Å²) < 4.78 is 12.8. The highest BCUT2D eigenvalue weighted by Crippen LogP contribution is 2.36. The lowest BCUT2D eigenvalue weighted by molar-refractivity contribution is 0.0572. The Morgan fingerprint density at radius 3 is 2.74 bits per heavy atom. The van der Waals surface area contributed by atoms with E-state index in [0.717, 1.165) is 6.42 Å². The third kappa shape index (κ3) is 3.93. The Kier molecular flexibility index (Phi) is 6.03. The second kappa shape index (κ2) is 8.73. The lowest BCUT2D eigenvalue weighted by atomic mass is 10.1. The zero-order chi connectivity index (χ0) is 22.1. The first-order valence-electron chi connectivity index (χ1n) is 10.3. The smallest absolute Gasteiger partial charge is 0.278 e. The number of aryl methyl sites for hydroxylation is 1. The Morgan fingerprint density at radius 1 is 1.26 bits per heavy atom. The van der Waals surface area contributed by atoms with Crippen molar-refractivity contribution in [1.29, 1.82) is 0 Å². The molecular formula is C24H26ClN3O3. The summed E-state index contributed by atoms with van der Waals surface area (Å²) in [5.74, 6) is 1.30. The van der Waals surface area contributed by atoms with Crippen LogP contribution in [-0.4, -0.2) is 29.4 Å². The molecule has 0 amide bonds. The number of aromatic nitrogens is 2. The third-order valence-electron chi connectivity index (χ3n) is 5.75. The minimum Gasteiger partial charge on any atom is -0.497 e. The normalized spacial score (nSPS) is 17.5. The molecule has 0 fully saturated rings. The first-order chi connectivity index (χ1) is 14.9. The lowest BCUT2D eigenvalue weighted by Crippen LogP contribution is -2.30. The van der Waals surface area contributed by atoms with Crippen LogP contribution >= 0.6 is 11.6 Å². The molecule has 1 unspecified atom stereocenters. The summed E-state index contributed by atoms with van der Waals surface area (Å²) in [5.41, 5.74) is 3.83. The van der Waals surface area contributed by atoms with E-state index in [4.69, 9.17) is 21.1 Å². The van der Waals surface area contributed by atoms with Crippen LogP contribution in [0.2, 0.25) is 5.02 Å². The first kappa shape index (κ1) is 21.4. The summed E-state index contributed by atoms with van der Waals surface area (Å²) in [7, 11) is 3.32. The molecular weight excluding hydrogens is 414 g/mol. The van der Waals surface area contributed by atoms with E-state index >= 15 is 0 Å². The molecule has 1 aliphatic rings. The van der Waals surface area contributed by atoms with Crippen molar-refractivity contribution in [2.75, 3.05) is 19.0 Å². The molecule has 0 spiro atoms. The number of anilines is 1. The largest absolute Gasteiger partial charge is 0.497 e. The molecule has 31 heavy (non-hydrogen) atoms. The van der Waals surface area contributed by atoms with Crippen molar-refractivity contribution in [2.24, 2.45) is 7.05 Å². The van der Waals surface area contributed by atoms with E-state index in [2.05, 4.69) is 22.4 Å². The predicted octanol–water partition coefficient (Wildman–Crippen LogP) is 4.53. The Hall–Kier alpha value is -2.83. The van der Waals surface area contributed by atoms with Crippen LogP contribution in [-0.2, 0) is 18.2 Å². The fraction of sp³-hybridized carbons (Fsp3) is 0.333. The van der Waals surface area contributed by atoms with Gasteiger partial charge in [0, 0.05) is 25.6 Å². The van der Waals surface area contributed by atoms with E-state index in [1.54, 1.807) is 36.9 Å². The van der Waals surface area contributed by atoms with E-state index < -0.39 is 0 Å². The molecule has 162 valence electrons. The number of nitrogens with zero attached hydrogens (tertiary/aromatic N) is 2. The molecule has 1 heterocycles. The second-order valence-corrected chi connectivity index (χ2v) is 8.03. The van der Waals surface area contributed by atoms with Gasteiger partial charge in [0.05, 0.1) is 30.0 Å². The van der Waals surface area contributed by atoms with Gasteiger partial charge in [-0.15, -0.1) is 0 Å². The maximum Gasteiger partial charge on any atom is 0.278 e. The Morgan fingerprint density at radius 2 is 2.03 bits per heavy atom. The van der Waals surface area contributed by atoms with Crippen LogP contribution in [0.25, 0.3) is 11.3 Å². The minimum atomic E-state index is -0.223. The van der Waals surface area contributed by atoms with Gasteiger partial charge < -0.3 is 14.8 Å². The molecule has 6 nitrogen and oxygen atoms in total. The Bertz CT molecular complexity index is 1180. The van der Waals surface area contributed by atoms with E-state index in [1.807, 2.05) is 26.0 Å². The number of rotatable bonds is 6. The zero-order valence-electron chi connectivity index (χ0n) is 18.1. The van der Waals surface area contributed by atoms with E-state index in [9.17, 15) is 4.79 Å². The standard InChI is InChI=1S/C24H26ClN3O3/c1-5-31-20-12-15-8-6-7-9-17(15)21(20)27-23-14(2)26-22(24(29)28(23)3)18-11-10-16(30-4)13-19(18)25/h6-11,13,20-21,27H,5,12H2,1-4H3/t20-,21?/m0/s1. The van der Waals surface area contributed by atoms with Gasteiger partial charge in [0.15, 0.2) is 0 Å². The van der Waals surface area contributed by atoms with E-state index in [1.165, 1.54) is 11.1 Å². The number of ether oxygens (including phenoxy) is 2. The number of benzene rings is 2. The molecule has 2 atom stereocenters. The van der Waals surface area contributed by atoms with Crippen LogP contribution < -0.4 is 15.6 Å². The minimum absolute atomic E-state index is 0.00684. The van der Waals surface area contributed by atoms with Gasteiger partial charge in [-0.25, -0.2) is 4.98 Å². The summed E-state index contributed by atoms with van der Waals surface area (Å²) >= 11 is 6.41. The van der Waals surface area contributed by atoms with Crippen molar-refractivity contribution in [3.05, 3.63) is 74.7 Å². The Labute approximate surface area is 186 Å². The van der Waals surface area contributed by atoms with Crippen molar-refractivity contribution < 1.29 is 9.47 Å². The van der Waals surface area contributed by atoms with Crippen LogP contribution in [0.4, 0.5) is 5.82 Å². The third-order valence-corrected chi connectivity index (χ3v) is 6.06. The summed E-state index contributed by atoms with van der Waals surface area (Å²) in [6, 6.07) is 13.5. The molecule has 4 rings (SSSR count). The molecule has 2 aromatic carbocycles. The summed E-state index contributed by atoms with van der Waals surface area (Å²) in [6.07, 6.45) is 0.828. The maximum atomic E-state index is 13.2. The Balaban J connectivity index is 1.74. The van der Waals surface area contributed by atoms with Crippen LogP contribution in [0.3, 0.4) is 0 Å². The maximum absolute atomic E-state index is 13.2. The van der Waals surface area contributed by atoms with Crippen molar-refractivity contribution in [2.45, 2.75) is 32.4 Å². The van der Waals surface area contributed by atoms with Crippen molar-refractivity contribution in [1.82, 2.24) is 9.55 Å². The SMILES string of the molecule is CCO[C@H]1Cc2ccccc2C1Nc1c(C)nc(-c2ccc(OC)cc2Cl)c(=O)n1C. The highest BCUT2D eigenvalue weighted by Gasteiger charge is 2.33. The van der Waals surface area contributed by atoms with E-state index in [-0.39, 0.29) is 17.7 Å². The molecule has 1 aliphatic carbocycles. The van der Waals surface area contributed by atoms with Gasteiger partial charge in [0.2, 0.25) is 0 Å². The molecule has 0 bridgehead atoms. The van der Waals surface area contributed by atoms with Gasteiger partial charge in [-0.05, 0) is 43.2 Å². The second-order valence-electron chi connectivity index (χ2n) is 7.62. The average molecular weight is 440 g/mol. The quantitative estimate of drug-likeness (QED) is 0.611. The molecule has 0 saturated carbocycles. The zero-order valence-corrected chi connectivity index (χ0v) is 18.9. The lowest BCUT2D eigenvalue weighted by Gasteiger charge is -2.25. The van der Waals surface area contributed by atoms with Gasteiger partial charge in [-0.3, -0.25) is 9.36 Å². The van der Waals surface area contributed by atoms with Gasteiger partial charge in [-0.1, -0.05) is 35.9 Å². The number of fused-ring (bicyclic) bond motifs is 1. The van der Waals surface area contributed by atoms with Gasteiger partial charge in [0.25, 0.3) is 5.56 Å². The fourth-order valence-corrected chi connectivity index (χ4v) is 4.47. The highest BCUT2D eigenvalue weighted by molar-refractivity contribution is 6.33. The number of halogens is 1. The molecule has 1 aromatic heterocycles. The summed E-state index contributed by atoms with van der Waals surface area (Å²) in [6.45, 7) is 4.51. The number of methoxy groups -OCH3 is 1. The fourth-order valence-electron chi connectivity index (χ4n) is 4.21. The number of nitrogens with one attached hydrogen (secondary N) is 1. The van der Waals surface area contributed by atoms with Gasteiger partial charge in [0.1, 0.15) is 17.3 Å². The molecule has 0 saturated heterocycles. The van der Waals surface area contributed by atoms with Crippen molar-refractivity contribution in [3.8, 4) is 17.0 Å². The molecule has 1 N–H and O–H groups in total. The highest BCUT2D eigenvalue weighted by atomic mass is 35.5. The number of hydrogen-bond donors (Lipinski definition) is 1. The van der Waals surface area contributed by atoms with E-state index in [0.29, 0.717) is 40.1 Å². The molecule has 0 radical (unpaired) electrons. The first-order valence-corrected chi connectivity index (χ1v) is 10.7. The van der Waals surface area contributed by atoms with Crippen molar-refractivity contribution in [3.63, 3.8) is 0 Å². The van der Waals surface area contributed by atoms with Crippen LogP contribution in [0.5, 0.6) is 5.75 Å². The van der Waals surface area contributed by atoms with Gasteiger partial charge in [-0.2, -0.15) is 0 Å².